The molecular formula is C19H22N2O. The molecule has 3 rings (SSSR count). The van der Waals surface area contributed by atoms with Gasteiger partial charge in [0.1, 0.15) is 0 Å². The van der Waals surface area contributed by atoms with Crippen LogP contribution in [0.5, 0.6) is 0 Å². The van der Waals surface area contributed by atoms with E-state index in [1.54, 1.807) is 0 Å². The van der Waals surface area contributed by atoms with Gasteiger partial charge < -0.3 is 10.2 Å². The van der Waals surface area contributed by atoms with Gasteiger partial charge in [0.2, 0.25) is 0 Å². The first-order chi connectivity index (χ1) is 10.6. The Morgan fingerprint density at radius 2 is 2.00 bits per heavy atom. The van der Waals surface area contributed by atoms with Crippen molar-refractivity contribution in [3.63, 3.8) is 0 Å². The molecule has 2 aromatic carbocycles. The van der Waals surface area contributed by atoms with Gasteiger partial charge in [-0.2, -0.15) is 0 Å². The van der Waals surface area contributed by atoms with Crippen LogP contribution in [0.1, 0.15) is 34.0 Å². The van der Waals surface area contributed by atoms with Crippen LogP contribution in [-0.2, 0) is 6.42 Å². The molecule has 1 amide bonds. The molecule has 0 radical (unpaired) electrons. The lowest BCUT2D eigenvalue weighted by Gasteiger charge is -2.17. The first-order valence-electron chi connectivity index (χ1n) is 7.85. The number of aryl methyl sites for hydroxylation is 2. The molecule has 3 heteroatoms. The third kappa shape index (κ3) is 2.71. The van der Waals surface area contributed by atoms with E-state index < -0.39 is 0 Å². The zero-order valence-corrected chi connectivity index (χ0v) is 13.4. The summed E-state index contributed by atoms with van der Waals surface area (Å²) < 4.78 is 0. The van der Waals surface area contributed by atoms with E-state index in [9.17, 15) is 4.79 Å². The molecule has 1 aliphatic rings. The molecule has 0 spiro atoms. The lowest BCUT2D eigenvalue weighted by Crippen LogP contribution is -2.19. The number of carbonyl (C=O) groups excluding carboxylic acids is 1. The highest BCUT2D eigenvalue weighted by atomic mass is 16.1. The van der Waals surface area contributed by atoms with E-state index >= 15 is 0 Å². The number of hydrogen-bond acceptors (Lipinski definition) is 2. The summed E-state index contributed by atoms with van der Waals surface area (Å²) in [5, 5.41) is 3.03. The number of benzene rings is 2. The predicted octanol–water partition coefficient (Wildman–Crippen LogP) is 3.94. The van der Waals surface area contributed by atoms with Gasteiger partial charge in [0, 0.05) is 30.0 Å². The lowest BCUT2D eigenvalue weighted by molar-refractivity contribution is 0.102. The van der Waals surface area contributed by atoms with Crippen LogP contribution in [0.3, 0.4) is 0 Å². The zero-order chi connectivity index (χ0) is 15.7. The molecule has 3 nitrogen and oxygen atoms in total. The molecule has 1 heterocycles. The molecular weight excluding hydrogens is 272 g/mol. The average molecular weight is 294 g/mol. The fourth-order valence-electron chi connectivity index (χ4n) is 3.12. The van der Waals surface area contributed by atoms with Crippen LogP contribution in [0, 0.1) is 13.8 Å². The van der Waals surface area contributed by atoms with Gasteiger partial charge in [0.15, 0.2) is 0 Å². The van der Waals surface area contributed by atoms with Crippen molar-refractivity contribution in [1.82, 2.24) is 0 Å². The Morgan fingerprint density at radius 1 is 1.18 bits per heavy atom. The summed E-state index contributed by atoms with van der Waals surface area (Å²) >= 11 is 0. The third-order valence-corrected chi connectivity index (χ3v) is 4.34. The Bertz CT molecular complexity index is 721. The van der Waals surface area contributed by atoms with E-state index in [1.165, 1.54) is 16.8 Å². The molecule has 1 N–H and O–H groups in total. The minimum absolute atomic E-state index is 0.0431. The molecule has 2 aromatic rings. The maximum absolute atomic E-state index is 12.5. The molecule has 0 bridgehead atoms. The molecule has 1 aliphatic heterocycles. The molecule has 114 valence electrons. The van der Waals surface area contributed by atoms with Crippen molar-refractivity contribution in [2.45, 2.75) is 27.2 Å². The van der Waals surface area contributed by atoms with Crippen molar-refractivity contribution >= 4 is 17.3 Å². The SMILES string of the molecule is CCN1CCc2ccc(NC(=O)c3ccc(C)cc3C)cc21. The van der Waals surface area contributed by atoms with E-state index in [0.717, 1.165) is 36.3 Å². The summed E-state index contributed by atoms with van der Waals surface area (Å²) in [6.45, 7) is 8.25. The quantitative estimate of drug-likeness (QED) is 0.930. The van der Waals surface area contributed by atoms with E-state index in [2.05, 4.69) is 29.3 Å². The highest BCUT2D eigenvalue weighted by Crippen LogP contribution is 2.30. The standard InChI is InChI=1S/C19H22N2O/c1-4-21-10-9-15-6-7-16(12-18(15)21)20-19(22)17-8-5-13(2)11-14(17)3/h5-8,11-12H,4,9-10H2,1-3H3,(H,20,22). The second-order valence-corrected chi connectivity index (χ2v) is 5.95. The molecule has 0 fully saturated rings. The van der Waals surface area contributed by atoms with Crippen LogP contribution >= 0.6 is 0 Å². The van der Waals surface area contributed by atoms with Crippen molar-refractivity contribution < 1.29 is 4.79 Å². The van der Waals surface area contributed by atoms with Crippen LogP contribution < -0.4 is 10.2 Å². The summed E-state index contributed by atoms with van der Waals surface area (Å²) in [4.78, 5) is 14.8. The monoisotopic (exact) mass is 294 g/mol. The largest absolute Gasteiger partial charge is 0.371 e. The Morgan fingerprint density at radius 3 is 2.73 bits per heavy atom. The third-order valence-electron chi connectivity index (χ3n) is 4.34. The molecule has 0 aromatic heterocycles. The lowest BCUT2D eigenvalue weighted by atomic mass is 10.0. The summed E-state index contributed by atoms with van der Waals surface area (Å²) in [5.41, 5.74) is 6.40. The van der Waals surface area contributed by atoms with Crippen LogP contribution in [0.25, 0.3) is 0 Å². The normalized spacial score (nSPS) is 13.1. The smallest absolute Gasteiger partial charge is 0.255 e. The highest BCUT2D eigenvalue weighted by molar-refractivity contribution is 6.05. The van der Waals surface area contributed by atoms with Crippen molar-refractivity contribution in [2.24, 2.45) is 0 Å². The minimum Gasteiger partial charge on any atom is -0.371 e. The summed E-state index contributed by atoms with van der Waals surface area (Å²) in [6, 6.07) is 12.1. The van der Waals surface area contributed by atoms with Crippen molar-refractivity contribution in [3.8, 4) is 0 Å². The van der Waals surface area contributed by atoms with Crippen molar-refractivity contribution in [3.05, 3.63) is 58.7 Å². The number of rotatable bonds is 3. The molecule has 0 atom stereocenters. The highest BCUT2D eigenvalue weighted by Gasteiger charge is 2.18. The molecule has 0 saturated heterocycles. The van der Waals surface area contributed by atoms with E-state index in [-0.39, 0.29) is 5.91 Å². The van der Waals surface area contributed by atoms with Gasteiger partial charge in [0.05, 0.1) is 0 Å². The number of carbonyl (C=O) groups is 1. The predicted molar refractivity (Wildman–Crippen MR) is 91.9 cm³/mol. The van der Waals surface area contributed by atoms with Gasteiger partial charge in [-0.05, 0) is 56.5 Å². The van der Waals surface area contributed by atoms with Gasteiger partial charge >= 0.3 is 0 Å². The Labute approximate surface area is 132 Å². The minimum atomic E-state index is -0.0431. The molecule has 0 saturated carbocycles. The number of fused-ring (bicyclic) bond motifs is 1. The van der Waals surface area contributed by atoms with Crippen LogP contribution in [-0.4, -0.2) is 19.0 Å². The van der Waals surface area contributed by atoms with Crippen LogP contribution in [0.4, 0.5) is 11.4 Å². The number of anilines is 2. The van der Waals surface area contributed by atoms with Gasteiger partial charge in [0.25, 0.3) is 5.91 Å². The summed E-state index contributed by atoms with van der Waals surface area (Å²) in [7, 11) is 0. The molecule has 0 unspecified atom stereocenters. The zero-order valence-electron chi connectivity index (χ0n) is 13.4. The first-order valence-corrected chi connectivity index (χ1v) is 7.85. The van der Waals surface area contributed by atoms with Gasteiger partial charge in [-0.15, -0.1) is 0 Å². The van der Waals surface area contributed by atoms with Crippen LogP contribution in [0.15, 0.2) is 36.4 Å². The maximum Gasteiger partial charge on any atom is 0.255 e. The molecule has 0 aliphatic carbocycles. The number of amides is 1. The number of likely N-dealkylation sites (N-methyl/N-ethyl adjacent to an activating group) is 1. The van der Waals surface area contributed by atoms with E-state index in [4.69, 9.17) is 0 Å². The van der Waals surface area contributed by atoms with E-state index in [1.807, 2.05) is 38.1 Å². The Balaban J connectivity index is 1.83. The number of nitrogens with zero attached hydrogens (tertiary/aromatic N) is 1. The van der Waals surface area contributed by atoms with Gasteiger partial charge in [-0.3, -0.25) is 4.79 Å². The maximum atomic E-state index is 12.5. The van der Waals surface area contributed by atoms with Crippen molar-refractivity contribution in [1.29, 1.82) is 0 Å². The second-order valence-electron chi connectivity index (χ2n) is 5.95. The molecule has 22 heavy (non-hydrogen) atoms. The summed E-state index contributed by atoms with van der Waals surface area (Å²) in [6.07, 6.45) is 1.09. The average Bonchev–Trinajstić information content (AvgIpc) is 2.89. The van der Waals surface area contributed by atoms with Gasteiger partial charge in [-0.1, -0.05) is 23.8 Å². The second kappa shape index (κ2) is 5.84. The van der Waals surface area contributed by atoms with E-state index in [0.29, 0.717) is 0 Å². The van der Waals surface area contributed by atoms with Crippen LogP contribution in [0.2, 0.25) is 0 Å². The first kappa shape index (κ1) is 14.6. The number of nitrogens with one attached hydrogen (secondary N) is 1. The van der Waals surface area contributed by atoms with Gasteiger partial charge in [-0.25, -0.2) is 0 Å². The number of hydrogen-bond donors (Lipinski definition) is 1. The Hall–Kier alpha value is -2.29. The Kier molecular flexibility index (Phi) is 3.88. The summed E-state index contributed by atoms with van der Waals surface area (Å²) in [5.74, 6) is -0.0431. The fraction of sp³-hybridized carbons (Fsp3) is 0.316. The van der Waals surface area contributed by atoms with Crippen molar-refractivity contribution in [2.75, 3.05) is 23.3 Å². The fourth-order valence-corrected chi connectivity index (χ4v) is 3.12. The topological polar surface area (TPSA) is 32.3 Å².